The first-order chi connectivity index (χ1) is 14.8. The van der Waals surface area contributed by atoms with Gasteiger partial charge < -0.3 is 9.30 Å². The molecule has 0 N–H and O–H groups in total. The van der Waals surface area contributed by atoms with Gasteiger partial charge >= 0.3 is 0 Å². The Morgan fingerprint density at radius 2 is 1.73 bits per heavy atom. The Bertz CT molecular complexity index is 1290. The lowest BCUT2D eigenvalue weighted by molar-refractivity contribution is 0.306. The third-order valence-corrected chi connectivity index (χ3v) is 4.76. The van der Waals surface area contributed by atoms with Crippen molar-refractivity contribution in [3.8, 4) is 17.9 Å². The predicted molar refractivity (Wildman–Crippen MR) is 115 cm³/mol. The van der Waals surface area contributed by atoms with E-state index in [4.69, 9.17) is 10.00 Å². The molecule has 0 bridgehead atoms. The quantitative estimate of drug-likeness (QED) is 0.430. The first-order valence-electron chi connectivity index (χ1n) is 9.48. The van der Waals surface area contributed by atoms with Crippen LogP contribution in [0.2, 0.25) is 0 Å². The van der Waals surface area contributed by atoms with Crippen LogP contribution in [0.15, 0.2) is 84.7 Å². The second-order valence-corrected chi connectivity index (χ2v) is 6.77. The van der Waals surface area contributed by atoms with E-state index >= 15 is 0 Å². The van der Waals surface area contributed by atoms with Crippen LogP contribution in [0.3, 0.4) is 0 Å². The van der Waals surface area contributed by atoms with Crippen molar-refractivity contribution in [2.45, 2.75) is 13.2 Å². The number of imidazole rings is 1. The molecule has 5 nitrogen and oxygen atoms in total. The molecule has 0 saturated carbocycles. The summed E-state index contributed by atoms with van der Waals surface area (Å²) in [5.74, 6) is 0.707. The summed E-state index contributed by atoms with van der Waals surface area (Å²) in [6, 6.07) is 27.2. The van der Waals surface area contributed by atoms with Crippen molar-refractivity contribution in [2.75, 3.05) is 0 Å². The molecule has 0 unspecified atom stereocenters. The van der Waals surface area contributed by atoms with Crippen molar-refractivity contribution in [3.63, 3.8) is 0 Å². The summed E-state index contributed by atoms with van der Waals surface area (Å²) < 4.78 is 7.77. The number of ether oxygens (including phenoxy) is 1. The summed E-state index contributed by atoms with van der Waals surface area (Å²) in [5, 5.41) is 18.7. The van der Waals surface area contributed by atoms with Crippen LogP contribution < -0.4 is 4.74 Å². The van der Waals surface area contributed by atoms with Crippen LogP contribution in [0, 0.1) is 22.7 Å². The molecule has 1 heterocycles. The maximum atomic E-state index is 9.57. The van der Waals surface area contributed by atoms with Gasteiger partial charge in [0, 0.05) is 11.1 Å². The first kappa shape index (κ1) is 19.0. The van der Waals surface area contributed by atoms with E-state index in [0.29, 0.717) is 30.0 Å². The minimum Gasteiger partial charge on any atom is -0.489 e. The molecule has 0 aliphatic heterocycles. The first-order valence-corrected chi connectivity index (χ1v) is 9.48. The second-order valence-electron chi connectivity index (χ2n) is 6.77. The number of nitriles is 2. The summed E-state index contributed by atoms with van der Waals surface area (Å²) in [6.45, 7) is 0.788. The van der Waals surface area contributed by atoms with Crippen LogP contribution in [0.1, 0.15) is 16.7 Å². The van der Waals surface area contributed by atoms with Crippen molar-refractivity contribution in [1.82, 2.24) is 9.55 Å². The fourth-order valence-corrected chi connectivity index (χ4v) is 3.21. The maximum absolute atomic E-state index is 9.57. The van der Waals surface area contributed by atoms with Crippen molar-refractivity contribution in [3.05, 3.63) is 101 Å². The third kappa shape index (κ3) is 4.22. The van der Waals surface area contributed by atoms with Gasteiger partial charge in [-0.1, -0.05) is 42.5 Å². The van der Waals surface area contributed by atoms with Gasteiger partial charge in [-0.05, 0) is 42.0 Å². The topological polar surface area (TPSA) is 74.6 Å². The summed E-state index contributed by atoms with van der Waals surface area (Å²) >= 11 is 0. The van der Waals surface area contributed by atoms with Gasteiger partial charge in [-0.2, -0.15) is 10.5 Å². The minimum atomic E-state index is 0.329. The molecule has 0 saturated heterocycles. The van der Waals surface area contributed by atoms with E-state index in [2.05, 4.69) is 17.1 Å². The molecule has 0 aliphatic rings. The molecule has 0 radical (unpaired) electrons. The second kappa shape index (κ2) is 8.77. The molecule has 0 atom stereocenters. The van der Waals surface area contributed by atoms with Gasteiger partial charge in [-0.15, -0.1) is 0 Å². The molecule has 4 aromatic rings. The highest BCUT2D eigenvalue weighted by Gasteiger charge is 2.05. The van der Waals surface area contributed by atoms with Gasteiger partial charge in [0.15, 0.2) is 0 Å². The normalized spacial score (nSPS) is 11.1. The molecule has 0 spiro atoms. The number of para-hydroxylation sites is 2. The Hall–Kier alpha value is -4.35. The molecule has 0 fully saturated rings. The van der Waals surface area contributed by atoms with Crippen molar-refractivity contribution < 1.29 is 4.74 Å². The summed E-state index contributed by atoms with van der Waals surface area (Å²) in [6.07, 6.45) is 3.62. The molecule has 5 heteroatoms. The van der Waals surface area contributed by atoms with Gasteiger partial charge in [-0.3, -0.25) is 0 Å². The third-order valence-electron chi connectivity index (χ3n) is 4.76. The lowest BCUT2D eigenvalue weighted by Gasteiger charge is -2.08. The van der Waals surface area contributed by atoms with Gasteiger partial charge in [0.1, 0.15) is 12.4 Å². The molecule has 144 valence electrons. The number of fused-ring (bicyclic) bond motifs is 1. The van der Waals surface area contributed by atoms with Crippen LogP contribution in [0.25, 0.3) is 17.1 Å². The van der Waals surface area contributed by atoms with E-state index in [9.17, 15) is 5.26 Å². The number of nitrogens with zero attached hydrogens (tertiary/aromatic N) is 4. The number of rotatable bonds is 6. The molecule has 0 amide bonds. The molecular formula is C25H18N4O. The Morgan fingerprint density at radius 1 is 0.967 bits per heavy atom. The van der Waals surface area contributed by atoms with Gasteiger partial charge in [0.25, 0.3) is 0 Å². The van der Waals surface area contributed by atoms with Crippen LogP contribution in [0.5, 0.6) is 5.75 Å². The van der Waals surface area contributed by atoms with E-state index in [1.54, 1.807) is 12.4 Å². The van der Waals surface area contributed by atoms with Crippen LogP contribution in [-0.4, -0.2) is 9.55 Å². The Balaban J connectivity index is 1.45. The Kier molecular flexibility index (Phi) is 5.55. The van der Waals surface area contributed by atoms with Crippen LogP contribution >= 0.6 is 0 Å². The zero-order valence-electron chi connectivity index (χ0n) is 16.2. The number of allylic oxidation sites excluding steroid dienone is 1. The standard InChI is InChI=1S/C25H18N4O/c26-14-20(16-29-18-28-24-7-3-4-8-25(24)29)13-19-9-11-23(12-10-19)30-17-22-6-2-1-5-21(22)15-27/h1-13,18H,16-17H2/b20-13-. The molecule has 30 heavy (non-hydrogen) atoms. The van der Waals surface area contributed by atoms with Gasteiger partial charge in [0.05, 0.1) is 41.6 Å². The van der Waals surface area contributed by atoms with Crippen molar-refractivity contribution in [2.24, 2.45) is 0 Å². The van der Waals surface area contributed by atoms with Crippen molar-refractivity contribution in [1.29, 1.82) is 10.5 Å². The average Bonchev–Trinajstić information content (AvgIpc) is 3.21. The van der Waals surface area contributed by atoms with E-state index in [1.165, 1.54) is 0 Å². The number of hydrogen-bond acceptors (Lipinski definition) is 4. The SMILES string of the molecule is N#C/C(=C/c1ccc(OCc2ccccc2C#N)cc1)Cn1cnc2ccccc21. The monoisotopic (exact) mass is 390 g/mol. The fraction of sp³-hybridized carbons (Fsp3) is 0.0800. The number of hydrogen-bond donors (Lipinski definition) is 0. The zero-order valence-corrected chi connectivity index (χ0v) is 16.2. The summed E-state index contributed by atoms with van der Waals surface area (Å²) in [7, 11) is 0. The van der Waals surface area contributed by atoms with Crippen LogP contribution in [0.4, 0.5) is 0 Å². The highest BCUT2D eigenvalue weighted by atomic mass is 16.5. The molecular weight excluding hydrogens is 372 g/mol. The van der Waals surface area contributed by atoms with Gasteiger partial charge in [0.2, 0.25) is 0 Å². The van der Waals surface area contributed by atoms with E-state index < -0.39 is 0 Å². The number of aromatic nitrogens is 2. The molecule has 3 aromatic carbocycles. The van der Waals surface area contributed by atoms with E-state index in [1.807, 2.05) is 77.4 Å². The Morgan fingerprint density at radius 3 is 2.53 bits per heavy atom. The fourth-order valence-electron chi connectivity index (χ4n) is 3.21. The molecule has 1 aromatic heterocycles. The highest BCUT2D eigenvalue weighted by molar-refractivity contribution is 5.75. The zero-order chi connectivity index (χ0) is 20.8. The maximum Gasteiger partial charge on any atom is 0.119 e. The number of benzene rings is 3. The molecule has 0 aliphatic carbocycles. The lowest BCUT2D eigenvalue weighted by Crippen LogP contribution is -1.99. The predicted octanol–water partition coefficient (Wildman–Crippen LogP) is 5.09. The Labute approximate surface area is 174 Å². The smallest absolute Gasteiger partial charge is 0.119 e. The van der Waals surface area contributed by atoms with Gasteiger partial charge in [-0.25, -0.2) is 4.98 Å². The average molecular weight is 390 g/mol. The largest absolute Gasteiger partial charge is 0.489 e. The van der Waals surface area contributed by atoms with Crippen molar-refractivity contribution >= 4 is 17.1 Å². The van der Waals surface area contributed by atoms with Crippen LogP contribution in [-0.2, 0) is 13.2 Å². The minimum absolute atomic E-state index is 0.329. The van der Waals surface area contributed by atoms with E-state index in [0.717, 1.165) is 22.2 Å². The summed E-state index contributed by atoms with van der Waals surface area (Å²) in [4.78, 5) is 4.37. The molecule has 4 rings (SSSR count). The summed E-state index contributed by atoms with van der Waals surface area (Å²) in [5.41, 5.74) is 4.93. The highest BCUT2D eigenvalue weighted by Crippen LogP contribution is 2.19. The van der Waals surface area contributed by atoms with E-state index in [-0.39, 0.29) is 0 Å². The lowest BCUT2D eigenvalue weighted by atomic mass is 10.1.